The summed E-state index contributed by atoms with van der Waals surface area (Å²) in [7, 11) is 0. The summed E-state index contributed by atoms with van der Waals surface area (Å²) in [4.78, 5) is 24.0. The largest absolute Gasteiger partial charge is 0.386 e. The average molecular weight is 339 g/mol. The van der Waals surface area contributed by atoms with Crippen LogP contribution in [0.25, 0.3) is 0 Å². The summed E-state index contributed by atoms with van der Waals surface area (Å²) in [6.45, 7) is 5.84. The fourth-order valence-electron chi connectivity index (χ4n) is 2.43. The topological polar surface area (TPSA) is 66.4 Å². The van der Waals surface area contributed by atoms with Crippen molar-refractivity contribution < 1.29 is 14.7 Å². The van der Waals surface area contributed by atoms with E-state index in [0.717, 1.165) is 16.7 Å². The molecule has 1 amide bonds. The summed E-state index contributed by atoms with van der Waals surface area (Å²) in [6.07, 6.45) is 0.376. The van der Waals surface area contributed by atoms with Gasteiger partial charge in [0, 0.05) is 24.9 Å². The third-order valence-corrected chi connectivity index (χ3v) is 4.10. The number of amides is 1. The molecule has 2 rings (SSSR count). The van der Waals surface area contributed by atoms with Crippen molar-refractivity contribution in [1.29, 1.82) is 0 Å². The predicted molar refractivity (Wildman–Crippen MR) is 98.3 cm³/mol. The lowest BCUT2D eigenvalue weighted by atomic mass is 9.97. The fourth-order valence-corrected chi connectivity index (χ4v) is 2.43. The van der Waals surface area contributed by atoms with Gasteiger partial charge in [0.2, 0.25) is 5.91 Å². The van der Waals surface area contributed by atoms with Crippen molar-refractivity contribution >= 4 is 11.7 Å². The minimum Gasteiger partial charge on any atom is -0.386 e. The van der Waals surface area contributed by atoms with Gasteiger partial charge in [0.25, 0.3) is 0 Å². The van der Waals surface area contributed by atoms with Gasteiger partial charge in [0.15, 0.2) is 5.78 Å². The Kier molecular flexibility index (Phi) is 6.10. The van der Waals surface area contributed by atoms with E-state index in [2.05, 4.69) is 5.32 Å². The van der Waals surface area contributed by atoms with Crippen molar-refractivity contribution in [2.75, 3.05) is 0 Å². The Hall–Kier alpha value is -2.46. The number of Topliss-reactive ketones (excluding diaryl/α,β-unsaturated/α-hetero) is 1. The van der Waals surface area contributed by atoms with Crippen LogP contribution < -0.4 is 5.32 Å². The molecule has 25 heavy (non-hydrogen) atoms. The Balaban J connectivity index is 1.79. The lowest BCUT2D eigenvalue weighted by molar-refractivity contribution is -0.121. The van der Waals surface area contributed by atoms with Crippen LogP contribution in [0.2, 0.25) is 0 Å². The molecule has 2 N–H and O–H groups in total. The van der Waals surface area contributed by atoms with Crippen molar-refractivity contribution in [2.24, 2.45) is 0 Å². The van der Waals surface area contributed by atoms with Crippen LogP contribution in [-0.4, -0.2) is 16.8 Å². The molecule has 0 spiro atoms. The molecule has 0 aromatic heterocycles. The van der Waals surface area contributed by atoms with E-state index in [0.29, 0.717) is 12.1 Å². The smallest absolute Gasteiger partial charge is 0.220 e. The third-order valence-electron chi connectivity index (χ3n) is 4.10. The van der Waals surface area contributed by atoms with Gasteiger partial charge in [-0.3, -0.25) is 9.59 Å². The zero-order chi connectivity index (χ0) is 18.4. The molecule has 0 atom stereocenters. The first kappa shape index (κ1) is 18.9. The van der Waals surface area contributed by atoms with Crippen LogP contribution in [0.4, 0.5) is 0 Å². The van der Waals surface area contributed by atoms with Gasteiger partial charge in [0.05, 0.1) is 5.60 Å². The Labute approximate surface area is 148 Å². The van der Waals surface area contributed by atoms with Crippen LogP contribution in [-0.2, 0) is 16.9 Å². The van der Waals surface area contributed by atoms with E-state index in [1.807, 2.05) is 43.3 Å². The second-order valence-electron chi connectivity index (χ2n) is 6.82. The van der Waals surface area contributed by atoms with E-state index in [-0.39, 0.29) is 24.5 Å². The van der Waals surface area contributed by atoms with Gasteiger partial charge >= 0.3 is 0 Å². The van der Waals surface area contributed by atoms with Crippen molar-refractivity contribution in [3.05, 3.63) is 70.8 Å². The normalized spacial score (nSPS) is 11.2. The van der Waals surface area contributed by atoms with Crippen LogP contribution in [0.1, 0.15) is 53.7 Å². The molecule has 2 aromatic rings. The van der Waals surface area contributed by atoms with Crippen LogP contribution >= 0.6 is 0 Å². The van der Waals surface area contributed by atoms with E-state index in [1.165, 1.54) is 0 Å². The number of rotatable bonds is 7. The summed E-state index contributed by atoms with van der Waals surface area (Å²) in [5.41, 5.74) is 2.64. The number of nitrogens with one attached hydrogen (secondary N) is 1. The molecule has 0 bridgehead atoms. The zero-order valence-electron chi connectivity index (χ0n) is 15.0. The quantitative estimate of drug-likeness (QED) is 0.759. The first-order valence-corrected chi connectivity index (χ1v) is 8.44. The van der Waals surface area contributed by atoms with Crippen molar-refractivity contribution in [3.63, 3.8) is 0 Å². The molecule has 0 heterocycles. The van der Waals surface area contributed by atoms with Gasteiger partial charge in [-0.25, -0.2) is 0 Å². The Morgan fingerprint density at radius 2 is 1.56 bits per heavy atom. The summed E-state index contributed by atoms with van der Waals surface area (Å²) in [5, 5.41) is 12.7. The molecule has 0 saturated carbocycles. The number of aryl methyl sites for hydroxylation is 1. The third kappa shape index (κ3) is 5.84. The number of aliphatic hydroxyl groups is 1. The van der Waals surface area contributed by atoms with Gasteiger partial charge in [-0.1, -0.05) is 54.1 Å². The fraction of sp³-hybridized carbons (Fsp3) is 0.333. The van der Waals surface area contributed by atoms with Crippen LogP contribution in [0.3, 0.4) is 0 Å². The predicted octanol–water partition coefficient (Wildman–Crippen LogP) is 3.50. The number of carbonyl (C=O) groups is 2. The highest BCUT2D eigenvalue weighted by molar-refractivity contribution is 5.97. The molecule has 0 aliphatic carbocycles. The van der Waals surface area contributed by atoms with Gasteiger partial charge in [-0.2, -0.15) is 0 Å². The maximum Gasteiger partial charge on any atom is 0.220 e. The molecule has 0 radical (unpaired) electrons. The summed E-state index contributed by atoms with van der Waals surface area (Å²) >= 11 is 0. The van der Waals surface area contributed by atoms with Gasteiger partial charge in [-0.05, 0) is 31.9 Å². The molecule has 132 valence electrons. The molecule has 2 aromatic carbocycles. The Morgan fingerprint density at radius 1 is 0.960 bits per heavy atom. The molecule has 4 heteroatoms. The second-order valence-corrected chi connectivity index (χ2v) is 6.82. The standard InChI is InChI=1S/C21H25NO3/c1-15-4-8-17(9-5-15)19(23)12-13-20(24)22-14-16-6-10-18(11-7-16)21(2,3)25/h4-11,25H,12-14H2,1-3H3,(H,22,24). The molecule has 0 fully saturated rings. The van der Waals surface area contributed by atoms with E-state index in [4.69, 9.17) is 0 Å². The van der Waals surface area contributed by atoms with Crippen molar-refractivity contribution in [2.45, 2.75) is 45.8 Å². The second kappa shape index (κ2) is 8.08. The monoisotopic (exact) mass is 339 g/mol. The summed E-state index contributed by atoms with van der Waals surface area (Å²) in [6, 6.07) is 14.8. The van der Waals surface area contributed by atoms with E-state index in [9.17, 15) is 14.7 Å². The molecular formula is C21H25NO3. The molecular weight excluding hydrogens is 314 g/mol. The Morgan fingerprint density at radius 3 is 2.12 bits per heavy atom. The summed E-state index contributed by atoms with van der Waals surface area (Å²) < 4.78 is 0. The highest BCUT2D eigenvalue weighted by atomic mass is 16.3. The molecule has 0 aliphatic heterocycles. The number of benzene rings is 2. The van der Waals surface area contributed by atoms with Crippen molar-refractivity contribution in [1.82, 2.24) is 5.32 Å². The molecule has 0 unspecified atom stereocenters. The van der Waals surface area contributed by atoms with Crippen LogP contribution in [0, 0.1) is 6.92 Å². The number of ketones is 1. The van der Waals surface area contributed by atoms with Crippen molar-refractivity contribution in [3.8, 4) is 0 Å². The first-order chi connectivity index (χ1) is 11.8. The minimum atomic E-state index is -0.877. The van der Waals surface area contributed by atoms with Gasteiger partial charge < -0.3 is 10.4 Å². The molecule has 4 nitrogen and oxygen atoms in total. The van der Waals surface area contributed by atoms with E-state index < -0.39 is 5.60 Å². The lowest BCUT2D eigenvalue weighted by Crippen LogP contribution is -2.23. The Bertz CT molecular complexity index is 725. The molecule has 0 aliphatic rings. The van der Waals surface area contributed by atoms with Crippen LogP contribution in [0.15, 0.2) is 48.5 Å². The first-order valence-electron chi connectivity index (χ1n) is 8.44. The number of hydrogen-bond donors (Lipinski definition) is 2. The van der Waals surface area contributed by atoms with E-state index in [1.54, 1.807) is 26.0 Å². The highest BCUT2D eigenvalue weighted by Gasteiger charge is 2.15. The van der Waals surface area contributed by atoms with Gasteiger partial charge in [-0.15, -0.1) is 0 Å². The number of carbonyl (C=O) groups excluding carboxylic acids is 2. The number of hydrogen-bond acceptors (Lipinski definition) is 3. The maximum atomic E-state index is 12.1. The SMILES string of the molecule is Cc1ccc(C(=O)CCC(=O)NCc2ccc(C(C)(C)O)cc2)cc1. The van der Waals surface area contributed by atoms with Crippen LogP contribution in [0.5, 0.6) is 0 Å². The average Bonchev–Trinajstić information content (AvgIpc) is 2.58. The summed E-state index contributed by atoms with van der Waals surface area (Å²) in [5.74, 6) is -0.170. The highest BCUT2D eigenvalue weighted by Crippen LogP contribution is 2.19. The zero-order valence-corrected chi connectivity index (χ0v) is 15.0. The minimum absolute atomic E-state index is 0.0234. The lowest BCUT2D eigenvalue weighted by Gasteiger charge is -2.17. The maximum absolute atomic E-state index is 12.1. The van der Waals surface area contributed by atoms with Gasteiger partial charge in [0.1, 0.15) is 0 Å². The van der Waals surface area contributed by atoms with E-state index >= 15 is 0 Å². The molecule has 0 saturated heterocycles.